The first kappa shape index (κ1) is 19.7. The van der Waals surface area contributed by atoms with Crippen molar-refractivity contribution in [3.8, 4) is 5.75 Å². The molecule has 0 N–H and O–H groups in total. The summed E-state index contributed by atoms with van der Waals surface area (Å²) < 4.78 is 5.18. The molecule has 1 aliphatic rings. The Labute approximate surface area is 155 Å². The highest BCUT2D eigenvalue weighted by Gasteiger charge is 2.24. The van der Waals surface area contributed by atoms with Gasteiger partial charge in [-0.3, -0.25) is 14.5 Å². The average molecular weight is 357 g/mol. The number of carbonyl (C=O) groups excluding carboxylic acids is 2. The van der Waals surface area contributed by atoms with Gasteiger partial charge in [0.25, 0.3) is 5.91 Å². The molecule has 6 nitrogen and oxygen atoms in total. The summed E-state index contributed by atoms with van der Waals surface area (Å²) in [4.78, 5) is 30.6. The highest BCUT2D eigenvalue weighted by Crippen LogP contribution is 2.15. The number of methoxy groups -OCH3 is 1. The molecule has 26 heavy (non-hydrogen) atoms. The number of piperazine rings is 1. The van der Waals surface area contributed by atoms with Crippen molar-refractivity contribution < 1.29 is 14.3 Å². The SMILES string of the molecule is C=CCN(CC=C)C(=O)CN1CCN(C(=O)c2cccc(OC)c2)CC1. The fourth-order valence-electron chi connectivity index (χ4n) is 2.93. The molecule has 0 saturated carbocycles. The van der Waals surface area contributed by atoms with E-state index in [0.29, 0.717) is 57.1 Å². The third kappa shape index (κ3) is 5.20. The van der Waals surface area contributed by atoms with Crippen LogP contribution in [0, 0.1) is 0 Å². The molecule has 0 radical (unpaired) electrons. The molecular weight excluding hydrogens is 330 g/mol. The van der Waals surface area contributed by atoms with Gasteiger partial charge in [-0.1, -0.05) is 18.2 Å². The molecule has 1 aliphatic heterocycles. The number of rotatable bonds is 8. The smallest absolute Gasteiger partial charge is 0.254 e. The summed E-state index contributed by atoms with van der Waals surface area (Å²) in [5, 5.41) is 0. The van der Waals surface area contributed by atoms with E-state index in [9.17, 15) is 9.59 Å². The summed E-state index contributed by atoms with van der Waals surface area (Å²) in [5.41, 5.74) is 0.622. The second kappa shape index (κ2) is 9.77. The zero-order valence-corrected chi connectivity index (χ0v) is 15.4. The lowest BCUT2D eigenvalue weighted by atomic mass is 10.1. The fraction of sp³-hybridized carbons (Fsp3) is 0.400. The topological polar surface area (TPSA) is 53.1 Å². The van der Waals surface area contributed by atoms with E-state index in [4.69, 9.17) is 4.74 Å². The molecule has 140 valence electrons. The third-order valence-corrected chi connectivity index (χ3v) is 4.39. The van der Waals surface area contributed by atoms with Crippen molar-refractivity contribution in [1.82, 2.24) is 14.7 Å². The number of benzene rings is 1. The van der Waals surface area contributed by atoms with Crippen LogP contribution >= 0.6 is 0 Å². The average Bonchev–Trinajstić information content (AvgIpc) is 2.68. The predicted octanol–water partition coefficient (Wildman–Crippen LogP) is 1.65. The van der Waals surface area contributed by atoms with Crippen LogP contribution in [0.15, 0.2) is 49.6 Å². The van der Waals surface area contributed by atoms with Gasteiger partial charge in [0.05, 0.1) is 13.7 Å². The van der Waals surface area contributed by atoms with E-state index in [1.54, 1.807) is 36.3 Å². The molecule has 2 rings (SSSR count). The van der Waals surface area contributed by atoms with Gasteiger partial charge in [-0.25, -0.2) is 0 Å². The van der Waals surface area contributed by atoms with Crippen molar-refractivity contribution in [2.75, 3.05) is 52.9 Å². The van der Waals surface area contributed by atoms with E-state index in [1.807, 2.05) is 17.0 Å². The van der Waals surface area contributed by atoms with Crippen LogP contribution in [0.2, 0.25) is 0 Å². The van der Waals surface area contributed by atoms with E-state index in [-0.39, 0.29) is 11.8 Å². The van der Waals surface area contributed by atoms with Crippen LogP contribution in [-0.2, 0) is 4.79 Å². The quantitative estimate of drug-likeness (QED) is 0.664. The molecule has 1 fully saturated rings. The fourth-order valence-corrected chi connectivity index (χ4v) is 2.93. The Balaban J connectivity index is 1.88. The lowest BCUT2D eigenvalue weighted by molar-refractivity contribution is -0.131. The molecule has 1 aromatic rings. The van der Waals surface area contributed by atoms with Gasteiger partial charge in [-0.2, -0.15) is 0 Å². The second-order valence-corrected chi connectivity index (χ2v) is 6.18. The van der Waals surface area contributed by atoms with E-state index < -0.39 is 0 Å². The Morgan fingerprint density at radius 3 is 2.38 bits per heavy atom. The van der Waals surface area contributed by atoms with Gasteiger partial charge in [0.2, 0.25) is 5.91 Å². The zero-order valence-electron chi connectivity index (χ0n) is 15.4. The lowest BCUT2D eigenvalue weighted by Crippen LogP contribution is -2.51. The summed E-state index contributed by atoms with van der Waals surface area (Å²) in [7, 11) is 1.58. The van der Waals surface area contributed by atoms with Gasteiger partial charge < -0.3 is 14.5 Å². The minimum Gasteiger partial charge on any atom is -0.497 e. The molecule has 0 spiro atoms. The molecule has 1 heterocycles. The van der Waals surface area contributed by atoms with Gasteiger partial charge in [0.1, 0.15) is 5.75 Å². The van der Waals surface area contributed by atoms with Gasteiger partial charge in [0, 0.05) is 44.8 Å². The minimum absolute atomic E-state index is 0.00480. The highest BCUT2D eigenvalue weighted by molar-refractivity contribution is 5.94. The maximum atomic E-state index is 12.6. The van der Waals surface area contributed by atoms with Crippen molar-refractivity contribution in [2.24, 2.45) is 0 Å². The number of hydrogen-bond donors (Lipinski definition) is 0. The van der Waals surface area contributed by atoms with Crippen LogP contribution in [0.5, 0.6) is 5.75 Å². The second-order valence-electron chi connectivity index (χ2n) is 6.18. The minimum atomic E-state index is -0.00480. The highest BCUT2D eigenvalue weighted by atomic mass is 16.5. The Kier molecular flexibility index (Phi) is 7.41. The summed E-state index contributed by atoms with van der Waals surface area (Å²) in [6.45, 7) is 11.3. The number of amides is 2. The molecular formula is C20H27N3O3. The number of carbonyl (C=O) groups is 2. The van der Waals surface area contributed by atoms with Crippen LogP contribution in [-0.4, -0.2) is 79.4 Å². The summed E-state index contributed by atoms with van der Waals surface area (Å²) in [6.07, 6.45) is 3.43. The molecule has 0 bridgehead atoms. The standard InChI is InChI=1S/C20H27N3O3/c1-4-9-22(10-5-2)19(24)16-21-11-13-23(14-12-21)20(25)17-7-6-8-18(15-17)26-3/h4-8,15H,1-2,9-14,16H2,3H3. The van der Waals surface area contributed by atoms with Gasteiger partial charge in [-0.05, 0) is 18.2 Å². The van der Waals surface area contributed by atoms with Crippen molar-refractivity contribution >= 4 is 11.8 Å². The van der Waals surface area contributed by atoms with Crippen molar-refractivity contribution in [3.05, 3.63) is 55.1 Å². The third-order valence-electron chi connectivity index (χ3n) is 4.39. The zero-order chi connectivity index (χ0) is 18.9. The van der Waals surface area contributed by atoms with Crippen LogP contribution in [0.25, 0.3) is 0 Å². The van der Waals surface area contributed by atoms with E-state index in [0.717, 1.165) is 0 Å². The first-order chi connectivity index (χ1) is 12.6. The summed E-state index contributed by atoms with van der Waals surface area (Å²) in [5.74, 6) is 0.719. The van der Waals surface area contributed by atoms with Crippen molar-refractivity contribution in [2.45, 2.75) is 0 Å². The lowest BCUT2D eigenvalue weighted by Gasteiger charge is -2.35. The largest absolute Gasteiger partial charge is 0.497 e. The maximum absolute atomic E-state index is 12.6. The van der Waals surface area contributed by atoms with E-state index in [2.05, 4.69) is 18.1 Å². The predicted molar refractivity (Wildman–Crippen MR) is 102 cm³/mol. The van der Waals surface area contributed by atoms with Crippen LogP contribution in [0.3, 0.4) is 0 Å². The Hall–Kier alpha value is -2.60. The Bertz CT molecular complexity index is 641. The number of nitrogens with zero attached hydrogens (tertiary/aromatic N) is 3. The summed E-state index contributed by atoms with van der Waals surface area (Å²) in [6, 6.07) is 7.18. The molecule has 0 aromatic heterocycles. The van der Waals surface area contributed by atoms with E-state index in [1.165, 1.54) is 0 Å². The van der Waals surface area contributed by atoms with Crippen molar-refractivity contribution in [1.29, 1.82) is 0 Å². The first-order valence-corrected chi connectivity index (χ1v) is 8.74. The molecule has 6 heteroatoms. The van der Waals surface area contributed by atoms with Crippen molar-refractivity contribution in [3.63, 3.8) is 0 Å². The molecule has 0 unspecified atom stereocenters. The molecule has 0 aliphatic carbocycles. The maximum Gasteiger partial charge on any atom is 0.254 e. The van der Waals surface area contributed by atoms with Gasteiger partial charge in [0.15, 0.2) is 0 Å². The van der Waals surface area contributed by atoms with Gasteiger partial charge in [-0.15, -0.1) is 13.2 Å². The number of ether oxygens (including phenoxy) is 1. The van der Waals surface area contributed by atoms with Gasteiger partial charge >= 0.3 is 0 Å². The number of hydrogen-bond acceptors (Lipinski definition) is 4. The van der Waals surface area contributed by atoms with Crippen LogP contribution in [0.4, 0.5) is 0 Å². The normalized spacial score (nSPS) is 14.6. The Morgan fingerprint density at radius 2 is 1.81 bits per heavy atom. The molecule has 2 amide bonds. The first-order valence-electron chi connectivity index (χ1n) is 8.74. The Morgan fingerprint density at radius 1 is 1.15 bits per heavy atom. The van der Waals surface area contributed by atoms with E-state index >= 15 is 0 Å². The van der Waals surface area contributed by atoms with Crippen LogP contribution in [0.1, 0.15) is 10.4 Å². The summed E-state index contributed by atoms with van der Waals surface area (Å²) >= 11 is 0. The van der Waals surface area contributed by atoms with Crippen LogP contribution < -0.4 is 4.74 Å². The monoisotopic (exact) mass is 357 g/mol. The molecule has 1 saturated heterocycles. The molecule has 0 atom stereocenters. The molecule has 1 aromatic carbocycles.